The first kappa shape index (κ1) is 18.4. The number of methoxy groups -OCH3 is 1. The van der Waals surface area contributed by atoms with Gasteiger partial charge in [-0.2, -0.15) is 0 Å². The molecule has 1 aliphatic heterocycles. The van der Waals surface area contributed by atoms with Gasteiger partial charge in [0.25, 0.3) is 0 Å². The summed E-state index contributed by atoms with van der Waals surface area (Å²) in [6.45, 7) is 2.48. The molecule has 3 rings (SSSR count). The molecule has 138 valence electrons. The van der Waals surface area contributed by atoms with Gasteiger partial charge in [-0.1, -0.05) is 30.3 Å². The van der Waals surface area contributed by atoms with E-state index in [1.807, 2.05) is 18.2 Å². The first-order chi connectivity index (χ1) is 12.6. The van der Waals surface area contributed by atoms with Crippen molar-refractivity contribution in [2.45, 2.75) is 18.6 Å². The van der Waals surface area contributed by atoms with Crippen molar-refractivity contribution in [3.63, 3.8) is 0 Å². The number of nitrogens with zero attached hydrogens (tertiary/aromatic N) is 2. The van der Waals surface area contributed by atoms with Gasteiger partial charge in [-0.15, -0.1) is 0 Å². The molecule has 0 saturated carbocycles. The van der Waals surface area contributed by atoms with E-state index in [0.29, 0.717) is 5.56 Å². The fourth-order valence-corrected chi connectivity index (χ4v) is 3.48. The predicted molar refractivity (Wildman–Crippen MR) is 102 cm³/mol. The first-order valence-corrected chi connectivity index (χ1v) is 8.95. The molecule has 26 heavy (non-hydrogen) atoms. The van der Waals surface area contributed by atoms with Crippen LogP contribution in [-0.4, -0.2) is 55.9 Å². The standard InChI is InChI=1S/C21H26N2O3/c1-22(18-10-8-17(9-11-18)21(25)26-2)20(16-6-4-3-5-7-16)15-23-13-12-19(24)14-23/h3-11,19-20,24H,12-15H2,1-2H3. The SMILES string of the molecule is COC(=O)c1ccc(N(C)C(CN2CCC(O)C2)c2ccccc2)cc1. The molecular weight excluding hydrogens is 328 g/mol. The lowest BCUT2D eigenvalue weighted by Crippen LogP contribution is -2.36. The fourth-order valence-electron chi connectivity index (χ4n) is 3.48. The molecular formula is C21H26N2O3. The second-order valence-electron chi connectivity index (χ2n) is 6.78. The van der Waals surface area contributed by atoms with E-state index in [-0.39, 0.29) is 18.1 Å². The van der Waals surface area contributed by atoms with Crippen LogP contribution in [-0.2, 0) is 4.74 Å². The number of likely N-dealkylation sites (N-methyl/N-ethyl adjacent to an activating group) is 1. The van der Waals surface area contributed by atoms with Gasteiger partial charge in [0.1, 0.15) is 0 Å². The lowest BCUT2D eigenvalue weighted by Gasteiger charge is -2.33. The summed E-state index contributed by atoms with van der Waals surface area (Å²) < 4.78 is 4.77. The number of ether oxygens (including phenoxy) is 1. The maximum absolute atomic E-state index is 11.6. The fraction of sp³-hybridized carbons (Fsp3) is 0.381. The van der Waals surface area contributed by atoms with Crippen LogP contribution in [0.5, 0.6) is 0 Å². The molecule has 1 N–H and O–H groups in total. The highest BCUT2D eigenvalue weighted by molar-refractivity contribution is 5.89. The van der Waals surface area contributed by atoms with Crippen molar-refractivity contribution in [2.24, 2.45) is 0 Å². The number of hydrogen-bond acceptors (Lipinski definition) is 5. The molecule has 0 radical (unpaired) electrons. The highest BCUT2D eigenvalue weighted by Crippen LogP contribution is 2.28. The van der Waals surface area contributed by atoms with E-state index in [4.69, 9.17) is 4.74 Å². The zero-order valence-corrected chi connectivity index (χ0v) is 15.3. The van der Waals surface area contributed by atoms with E-state index < -0.39 is 0 Å². The van der Waals surface area contributed by atoms with E-state index in [1.165, 1.54) is 12.7 Å². The molecule has 1 aliphatic rings. The Morgan fingerprint density at radius 3 is 2.50 bits per heavy atom. The van der Waals surface area contributed by atoms with Gasteiger partial charge in [0, 0.05) is 32.4 Å². The molecule has 0 aliphatic carbocycles. The average molecular weight is 354 g/mol. The molecule has 2 aromatic rings. The third-order valence-electron chi connectivity index (χ3n) is 5.03. The first-order valence-electron chi connectivity index (χ1n) is 8.95. The summed E-state index contributed by atoms with van der Waals surface area (Å²) in [5.41, 5.74) is 2.81. The van der Waals surface area contributed by atoms with Crippen LogP contribution in [0.25, 0.3) is 0 Å². The lowest BCUT2D eigenvalue weighted by molar-refractivity contribution is 0.0600. The Labute approximate surface area is 154 Å². The molecule has 1 saturated heterocycles. The van der Waals surface area contributed by atoms with Gasteiger partial charge in [0.05, 0.1) is 24.8 Å². The molecule has 2 atom stereocenters. The monoisotopic (exact) mass is 354 g/mol. The summed E-state index contributed by atoms with van der Waals surface area (Å²) in [4.78, 5) is 16.2. The van der Waals surface area contributed by atoms with Gasteiger partial charge in [0.15, 0.2) is 0 Å². The molecule has 0 bridgehead atoms. The summed E-state index contributed by atoms with van der Waals surface area (Å²) in [5, 5.41) is 9.85. The maximum Gasteiger partial charge on any atom is 0.337 e. The van der Waals surface area contributed by atoms with Crippen molar-refractivity contribution in [1.29, 1.82) is 0 Å². The van der Waals surface area contributed by atoms with Crippen molar-refractivity contribution in [1.82, 2.24) is 4.90 Å². The minimum atomic E-state index is -0.329. The third kappa shape index (κ3) is 4.23. The minimum Gasteiger partial charge on any atom is -0.465 e. The average Bonchev–Trinajstić information content (AvgIpc) is 3.10. The molecule has 0 amide bonds. The number of likely N-dealkylation sites (tertiary alicyclic amines) is 1. The predicted octanol–water partition coefficient (Wildman–Crippen LogP) is 2.72. The van der Waals surface area contributed by atoms with Crippen LogP contribution in [0.1, 0.15) is 28.4 Å². The van der Waals surface area contributed by atoms with Gasteiger partial charge in [-0.25, -0.2) is 4.79 Å². The molecule has 5 nitrogen and oxygen atoms in total. The maximum atomic E-state index is 11.6. The Kier molecular flexibility index (Phi) is 5.91. The summed E-state index contributed by atoms with van der Waals surface area (Å²) in [6.07, 6.45) is 0.607. The number of aliphatic hydroxyl groups is 1. The minimum absolute atomic E-state index is 0.158. The number of esters is 1. The summed E-state index contributed by atoms with van der Waals surface area (Å²) in [7, 11) is 3.45. The largest absolute Gasteiger partial charge is 0.465 e. The van der Waals surface area contributed by atoms with Gasteiger partial charge in [-0.3, -0.25) is 4.90 Å². The van der Waals surface area contributed by atoms with Gasteiger partial charge < -0.3 is 14.7 Å². The van der Waals surface area contributed by atoms with Crippen molar-refractivity contribution in [3.8, 4) is 0 Å². The van der Waals surface area contributed by atoms with Gasteiger partial charge in [0.2, 0.25) is 0 Å². The van der Waals surface area contributed by atoms with Crippen LogP contribution < -0.4 is 4.90 Å². The highest BCUT2D eigenvalue weighted by atomic mass is 16.5. The van der Waals surface area contributed by atoms with Crippen LogP contribution in [0, 0.1) is 0 Å². The van der Waals surface area contributed by atoms with E-state index in [1.54, 1.807) is 12.1 Å². The van der Waals surface area contributed by atoms with E-state index in [0.717, 1.165) is 31.7 Å². The number of carbonyl (C=O) groups is 1. The molecule has 1 heterocycles. The number of aliphatic hydroxyl groups excluding tert-OH is 1. The normalized spacial score (nSPS) is 18.5. The van der Waals surface area contributed by atoms with Crippen molar-refractivity contribution in [3.05, 3.63) is 65.7 Å². The Balaban J connectivity index is 1.82. The van der Waals surface area contributed by atoms with Gasteiger partial charge >= 0.3 is 5.97 Å². The molecule has 1 fully saturated rings. The number of hydrogen-bond donors (Lipinski definition) is 1. The quantitative estimate of drug-likeness (QED) is 0.809. The van der Waals surface area contributed by atoms with Crippen LogP contribution >= 0.6 is 0 Å². The van der Waals surface area contributed by atoms with Crippen molar-refractivity contribution < 1.29 is 14.6 Å². The molecule has 2 aromatic carbocycles. The Morgan fingerprint density at radius 2 is 1.92 bits per heavy atom. The number of anilines is 1. The zero-order valence-electron chi connectivity index (χ0n) is 15.3. The Bertz CT molecular complexity index is 718. The molecule has 2 unspecified atom stereocenters. The third-order valence-corrected chi connectivity index (χ3v) is 5.03. The number of β-amino-alcohol motifs (C(OH)–C–C–N with tert-alkyl or cyclic N) is 1. The topological polar surface area (TPSA) is 53.0 Å². The second-order valence-corrected chi connectivity index (χ2v) is 6.78. The van der Waals surface area contributed by atoms with Gasteiger partial charge in [-0.05, 0) is 36.2 Å². The van der Waals surface area contributed by atoms with E-state index in [2.05, 4.69) is 41.1 Å². The summed E-state index contributed by atoms with van der Waals surface area (Å²) >= 11 is 0. The smallest absolute Gasteiger partial charge is 0.337 e. The van der Waals surface area contributed by atoms with Crippen LogP contribution in [0.3, 0.4) is 0 Å². The second kappa shape index (κ2) is 8.34. The van der Waals surface area contributed by atoms with Crippen LogP contribution in [0.15, 0.2) is 54.6 Å². The van der Waals surface area contributed by atoms with E-state index >= 15 is 0 Å². The van der Waals surface area contributed by atoms with Crippen LogP contribution in [0.2, 0.25) is 0 Å². The molecule has 0 aromatic heterocycles. The number of rotatable bonds is 6. The summed E-state index contributed by atoms with van der Waals surface area (Å²) in [6, 6.07) is 18.0. The Morgan fingerprint density at radius 1 is 1.23 bits per heavy atom. The molecule has 0 spiro atoms. The Hall–Kier alpha value is -2.37. The van der Waals surface area contributed by atoms with Crippen LogP contribution in [0.4, 0.5) is 5.69 Å². The number of benzene rings is 2. The molecule has 5 heteroatoms. The zero-order chi connectivity index (χ0) is 18.5. The van der Waals surface area contributed by atoms with Crippen molar-refractivity contribution in [2.75, 3.05) is 38.7 Å². The highest BCUT2D eigenvalue weighted by Gasteiger charge is 2.26. The van der Waals surface area contributed by atoms with Crippen molar-refractivity contribution >= 4 is 11.7 Å². The number of carbonyl (C=O) groups excluding carboxylic acids is 1. The lowest BCUT2D eigenvalue weighted by atomic mass is 10.0. The summed E-state index contributed by atoms with van der Waals surface area (Å²) in [5.74, 6) is -0.329. The van der Waals surface area contributed by atoms with E-state index in [9.17, 15) is 9.90 Å².